The lowest BCUT2D eigenvalue weighted by atomic mass is 10.1. The maximum absolute atomic E-state index is 5.74. The number of imidazole rings is 1. The number of aromatic amines is 1. The number of aromatic nitrogens is 2. The van der Waals surface area contributed by atoms with E-state index >= 15 is 0 Å². The summed E-state index contributed by atoms with van der Waals surface area (Å²) >= 11 is 1.80. The summed E-state index contributed by atoms with van der Waals surface area (Å²) in [5.41, 5.74) is 8.54. The predicted octanol–water partition coefficient (Wildman–Crippen LogP) is 3.67. The number of hydrogen-bond acceptors (Lipinski definition) is 3. The molecule has 0 aliphatic heterocycles. The SMILES string of the molecule is CCC(CC)CSc1nc2ccc(N)cc2[nH]1. The number of nitrogen functional groups attached to an aromatic ring is 1. The van der Waals surface area contributed by atoms with Crippen molar-refractivity contribution in [3.05, 3.63) is 18.2 Å². The van der Waals surface area contributed by atoms with Crippen molar-refractivity contribution in [2.24, 2.45) is 5.92 Å². The fourth-order valence-corrected chi connectivity index (χ4v) is 3.00. The topological polar surface area (TPSA) is 54.7 Å². The summed E-state index contributed by atoms with van der Waals surface area (Å²) < 4.78 is 0. The monoisotopic (exact) mass is 249 g/mol. The number of thioether (sulfide) groups is 1. The predicted molar refractivity (Wildman–Crippen MR) is 75.3 cm³/mol. The van der Waals surface area contributed by atoms with E-state index in [1.54, 1.807) is 11.8 Å². The molecule has 3 N–H and O–H groups in total. The molecule has 1 heterocycles. The summed E-state index contributed by atoms with van der Waals surface area (Å²) in [6, 6.07) is 5.78. The first kappa shape index (κ1) is 12.3. The largest absolute Gasteiger partial charge is 0.399 e. The van der Waals surface area contributed by atoms with Crippen molar-refractivity contribution in [1.29, 1.82) is 0 Å². The smallest absolute Gasteiger partial charge is 0.166 e. The van der Waals surface area contributed by atoms with Crippen LogP contribution in [-0.2, 0) is 0 Å². The molecule has 0 saturated carbocycles. The lowest BCUT2D eigenvalue weighted by Crippen LogP contribution is -1.99. The molecule has 0 amide bonds. The minimum absolute atomic E-state index is 0.776. The molecule has 0 aliphatic rings. The summed E-state index contributed by atoms with van der Waals surface area (Å²) in [6.45, 7) is 4.49. The number of nitrogens with one attached hydrogen (secondary N) is 1. The molecular weight excluding hydrogens is 230 g/mol. The lowest BCUT2D eigenvalue weighted by Gasteiger charge is -2.09. The average molecular weight is 249 g/mol. The van der Waals surface area contributed by atoms with E-state index in [0.29, 0.717) is 0 Å². The van der Waals surface area contributed by atoms with Gasteiger partial charge in [-0.1, -0.05) is 38.5 Å². The molecule has 0 spiro atoms. The molecule has 0 aliphatic carbocycles. The van der Waals surface area contributed by atoms with Gasteiger partial charge in [0.25, 0.3) is 0 Å². The van der Waals surface area contributed by atoms with Crippen LogP contribution in [0.4, 0.5) is 5.69 Å². The van der Waals surface area contributed by atoms with Crippen molar-refractivity contribution in [3.63, 3.8) is 0 Å². The summed E-state index contributed by atoms with van der Waals surface area (Å²) in [5.74, 6) is 1.90. The van der Waals surface area contributed by atoms with Crippen LogP contribution in [-0.4, -0.2) is 15.7 Å². The molecule has 3 nitrogen and oxygen atoms in total. The van der Waals surface area contributed by atoms with E-state index in [-0.39, 0.29) is 0 Å². The Hall–Kier alpha value is -1.16. The number of fused-ring (bicyclic) bond motifs is 1. The van der Waals surface area contributed by atoms with E-state index in [0.717, 1.165) is 33.5 Å². The van der Waals surface area contributed by atoms with E-state index in [1.165, 1.54) is 12.8 Å². The Morgan fingerprint density at radius 2 is 2.12 bits per heavy atom. The number of nitrogens with zero attached hydrogens (tertiary/aromatic N) is 1. The van der Waals surface area contributed by atoms with Crippen LogP contribution in [0.15, 0.2) is 23.4 Å². The third kappa shape index (κ3) is 2.94. The Kier molecular flexibility index (Phi) is 3.94. The molecule has 92 valence electrons. The maximum atomic E-state index is 5.74. The van der Waals surface area contributed by atoms with E-state index < -0.39 is 0 Å². The standard InChI is InChI=1S/C13H19N3S/c1-3-9(4-2)8-17-13-15-11-6-5-10(14)7-12(11)16-13/h5-7,9H,3-4,8,14H2,1-2H3,(H,15,16). The van der Waals surface area contributed by atoms with Gasteiger partial charge in [0.15, 0.2) is 5.16 Å². The number of benzene rings is 1. The fraction of sp³-hybridized carbons (Fsp3) is 0.462. The maximum Gasteiger partial charge on any atom is 0.166 e. The van der Waals surface area contributed by atoms with Gasteiger partial charge in [-0.25, -0.2) is 4.98 Å². The van der Waals surface area contributed by atoms with Gasteiger partial charge in [0.2, 0.25) is 0 Å². The van der Waals surface area contributed by atoms with Crippen LogP contribution in [0.3, 0.4) is 0 Å². The van der Waals surface area contributed by atoms with Gasteiger partial charge in [-0.15, -0.1) is 0 Å². The van der Waals surface area contributed by atoms with Crippen LogP contribution in [0.25, 0.3) is 11.0 Å². The quantitative estimate of drug-likeness (QED) is 0.628. The van der Waals surface area contributed by atoms with Gasteiger partial charge in [0.1, 0.15) is 0 Å². The molecule has 1 aromatic heterocycles. The summed E-state index contributed by atoms with van der Waals surface area (Å²) in [7, 11) is 0. The molecule has 2 aromatic rings. The number of hydrogen-bond donors (Lipinski definition) is 2. The molecule has 2 rings (SSSR count). The van der Waals surface area contributed by atoms with E-state index in [9.17, 15) is 0 Å². The molecule has 0 bridgehead atoms. The van der Waals surface area contributed by atoms with Crippen LogP contribution in [0, 0.1) is 5.92 Å². The second-order valence-electron chi connectivity index (χ2n) is 4.31. The molecule has 17 heavy (non-hydrogen) atoms. The highest BCUT2D eigenvalue weighted by Gasteiger charge is 2.07. The number of H-pyrrole nitrogens is 1. The van der Waals surface area contributed by atoms with Crippen LogP contribution in [0.1, 0.15) is 26.7 Å². The summed E-state index contributed by atoms with van der Waals surface area (Å²) in [5, 5.41) is 0.998. The third-order valence-electron chi connectivity index (χ3n) is 3.09. The number of nitrogens with two attached hydrogens (primary N) is 1. The van der Waals surface area contributed by atoms with Crippen LogP contribution in [0.5, 0.6) is 0 Å². The highest BCUT2D eigenvalue weighted by molar-refractivity contribution is 7.99. The van der Waals surface area contributed by atoms with Crippen molar-refractivity contribution in [1.82, 2.24) is 9.97 Å². The Morgan fingerprint density at radius 1 is 1.35 bits per heavy atom. The van der Waals surface area contributed by atoms with Gasteiger partial charge in [0.05, 0.1) is 11.0 Å². The Balaban J connectivity index is 2.09. The summed E-state index contributed by atoms with van der Waals surface area (Å²) in [6.07, 6.45) is 2.47. The highest BCUT2D eigenvalue weighted by Crippen LogP contribution is 2.24. The number of anilines is 1. The zero-order valence-corrected chi connectivity index (χ0v) is 11.2. The first-order valence-electron chi connectivity index (χ1n) is 6.11. The van der Waals surface area contributed by atoms with Crippen LogP contribution in [0.2, 0.25) is 0 Å². The van der Waals surface area contributed by atoms with Crippen molar-refractivity contribution >= 4 is 28.5 Å². The molecular formula is C13H19N3S. The second-order valence-corrected chi connectivity index (χ2v) is 5.32. The number of rotatable bonds is 5. The second kappa shape index (κ2) is 5.45. The van der Waals surface area contributed by atoms with Crippen LogP contribution >= 0.6 is 11.8 Å². The highest BCUT2D eigenvalue weighted by atomic mass is 32.2. The molecule has 0 fully saturated rings. The Morgan fingerprint density at radius 3 is 2.82 bits per heavy atom. The lowest BCUT2D eigenvalue weighted by molar-refractivity contribution is 0.553. The van der Waals surface area contributed by atoms with Crippen molar-refractivity contribution in [2.75, 3.05) is 11.5 Å². The van der Waals surface area contributed by atoms with Gasteiger partial charge in [-0.05, 0) is 24.1 Å². The van der Waals surface area contributed by atoms with Gasteiger partial charge < -0.3 is 10.7 Å². The van der Waals surface area contributed by atoms with E-state index in [4.69, 9.17) is 5.73 Å². The fourth-order valence-electron chi connectivity index (χ4n) is 1.79. The molecule has 4 heteroatoms. The molecule has 0 atom stereocenters. The first-order valence-corrected chi connectivity index (χ1v) is 7.09. The molecule has 1 aromatic carbocycles. The molecule has 0 radical (unpaired) electrons. The Labute approximate surface area is 106 Å². The van der Waals surface area contributed by atoms with Gasteiger partial charge in [0, 0.05) is 11.4 Å². The normalized spacial score (nSPS) is 11.5. The zero-order chi connectivity index (χ0) is 12.3. The van der Waals surface area contributed by atoms with Gasteiger partial charge in [-0.3, -0.25) is 0 Å². The Bertz CT molecular complexity index is 488. The molecule has 0 unspecified atom stereocenters. The summed E-state index contributed by atoms with van der Waals surface area (Å²) in [4.78, 5) is 7.86. The van der Waals surface area contributed by atoms with Crippen LogP contribution < -0.4 is 5.73 Å². The van der Waals surface area contributed by atoms with Crippen molar-refractivity contribution in [3.8, 4) is 0 Å². The minimum Gasteiger partial charge on any atom is -0.399 e. The van der Waals surface area contributed by atoms with Crippen molar-refractivity contribution in [2.45, 2.75) is 31.8 Å². The first-order chi connectivity index (χ1) is 8.22. The zero-order valence-electron chi connectivity index (χ0n) is 10.4. The van der Waals surface area contributed by atoms with E-state index in [2.05, 4.69) is 23.8 Å². The van der Waals surface area contributed by atoms with Gasteiger partial charge in [-0.2, -0.15) is 0 Å². The third-order valence-corrected chi connectivity index (χ3v) is 4.20. The van der Waals surface area contributed by atoms with E-state index in [1.807, 2.05) is 18.2 Å². The van der Waals surface area contributed by atoms with Gasteiger partial charge >= 0.3 is 0 Å². The molecule has 0 saturated heterocycles. The average Bonchev–Trinajstić information content (AvgIpc) is 2.72. The van der Waals surface area contributed by atoms with Crippen molar-refractivity contribution < 1.29 is 0 Å². The minimum atomic E-state index is 0.776.